The minimum atomic E-state index is -1.68. The average Bonchev–Trinajstić information content (AvgIpc) is 2.73. The molecular formula is C12H8ClF4N3O. The van der Waals surface area contributed by atoms with Gasteiger partial charge in [0.25, 0.3) is 0 Å². The fraction of sp³-hybridized carbons (Fsp3) is 0.167. The molecule has 0 radical (unpaired) electrons. The molecule has 0 aliphatic heterocycles. The quantitative estimate of drug-likeness (QED) is 0.697. The first kappa shape index (κ1) is 15.3. The van der Waals surface area contributed by atoms with Crippen LogP contribution in [0.3, 0.4) is 0 Å². The lowest BCUT2D eigenvalue weighted by Gasteiger charge is -2.09. The summed E-state index contributed by atoms with van der Waals surface area (Å²) in [4.78, 5) is 11.7. The Bertz CT molecular complexity index is 691. The highest BCUT2D eigenvalue weighted by molar-refractivity contribution is 6.31. The molecule has 0 bridgehead atoms. The van der Waals surface area contributed by atoms with Gasteiger partial charge in [-0.2, -0.15) is 5.10 Å². The average molecular weight is 322 g/mol. The summed E-state index contributed by atoms with van der Waals surface area (Å²) in [6.45, 7) is 1.15. The number of nitrogens with zero attached hydrogens (tertiary/aromatic N) is 2. The van der Waals surface area contributed by atoms with Crippen LogP contribution >= 0.6 is 11.6 Å². The fourth-order valence-corrected chi connectivity index (χ4v) is 1.72. The molecule has 0 unspecified atom stereocenters. The van der Waals surface area contributed by atoms with Gasteiger partial charge in [0, 0.05) is 6.07 Å². The van der Waals surface area contributed by atoms with Crippen LogP contribution in [0, 0.1) is 30.2 Å². The molecule has 0 spiro atoms. The Balaban J connectivity index is 2.23. The zero-order valence-corrected chi connectivity index (χ0v) is 11.3. The molecule has 1 N–H and O–H groups in total. The Labute approximate surface area is 121 Å². The molecule has 112 valence electrons. The zero-order valence-electron chi connectivity index (χ0n) is 10.6. The van der Waals surface area contributed by atoms with Crippen molar-refractivity contribution >= 4 is 23.2 Å². The van der Waals surface area contributed by atoms with E-state index < -0.39 is 41.4 Å². The van der Waals surface area contributed by atoms with Crippen LogP contribution in [-0.4, -0.2) is 15.7 Å². The lowest BCUT2D eigenvalue weighted by molar-refractivity contribution is -0.117. The highest BCUT2D eigenvalue weighted by Gasteiger charge is 2.21. The normalized spacial score (nSPS) is 10.8. The van der Waals surface area contributed by atoms with Crippen molar-refractivity contribution in [1.82, 2.24) is 9.78 Å². The molecule has 1 aromatic heterocycles. The van der Waals surface area contributed by atoms with E-state index in [1.807, 2.05) is 0 Å². The number of anilines is 1. The van der Waals surface area contributed by atoms with Crippen LogP contribution in [0.1, 0.15) is 5.69 Å². The number of rotatable bonds is 3. The molecule has 9 heteroatoms. The molecule has 0 atom stereocenters. The summed E-state index contributed by atoms with van der Waals surface area (Å²) < 4.78 is 53.9. The predicted octanol–water partition coefficient (Wildman–Crippen LogP) is 3.04. The van der Waals surface area contributed by atoms with Crippen LogP contribution < -0.4 is 5.32 Å². The smallest absolute Gasteiger partial charge is 0.246 e. The van der Waals surface area contributed by atoms with Gasteiger partial charge in [-0.05, 0) is 6.92 Å². The van der Waals surface area contributed by atoms with Gasteiger partial charge in [0.15, 0.2) is 23.3 Å². The number of amides is 1. The Morgan fingerprint density at radius 3 is 2.33 bits per heavy atom. The summed E-state index contributed by atoms with van der Waals surface area (Å²) >= 11 is 5.73. The van der Waals surface area contributed by atoms with Crippen molar-refractivity contribution in [3.63, 3.8) is 0 Å². The number of aromatic nitrogens is 2. The first-order valence-electron chi connectivity index (χ1n) is 5.62. The van der Waals surface area contributed by atoms with Gasteiger partial charge >= 0.3 is 0 Å². The summed E-state index contributed by atoms with van der Waals surface area (Å²) in [5.41, 5.74) is -0.730. The monoisotopic (exact) mass is 321 g/mol. The molecular weight excluding hydrogens is 314 g/mol. The molecule has 0 fully saturated rings. The van der Waals surface area contributed by atoms with Gasteiger partial charge in [-0.25, -0.2) is 17.6 Å². The van der Waals surface area contributed by atoms with Gasteiger partial charge in [0.2, 0.25) is 5.91 Å². The number of carbonyl (C=O) groups is 1. The predicted molar refractivity (Wildman–Crippen MR) is 66.9 cm³/mol. The topological polar surface area (TPSA) is 46.9 Å². The number of nitrogens with one attached hydrogen (secondary N) is 1. The van der Waals surface area contributed by atoms with Crippen LogP contribution in [0.25, 0.3) is 0 Å². The lowest BCUT2D eigenvalue weighted by Crippen LogP contribution is -2.22. The third-order valence-electron chi connectivity index (χ3n) is 2.71. The van der Waals surface area contributed by atoms with Crippen molar-refractivity contribution in [2.75, 3.05) is 5.32 Å². The van der Waals surface area contributed by atoms with Crippen molar-refractivity contribution in [2.24, 2.45) is 0 Å². The first-order chi connectivity index (χ1) is 9.81. The first-order valence-corrected chi connectivity index (χ1v) is 5.99. The van der Waals surface area contributed by atoms with E-state index in [9.17, 15) is 22.4 Å². The zero-order chi connectivity index (χ0) is 15.7. The number of hydrogen-bond acceptors (Lipinski definition) is 2. The second kappa shape index (κ2) is 5.72. The van der Waals surface area contributed by atoms with Crippen LogP contribution in [-0.2, 0) is 11.3 Å². The molecule has 4 nitrogen and oxygen atoms in total. The fourth-order valence-electron chi connectivity index (χ4n) is 1.58. The Morgan fingerprint density at radius 2 is 1.86 bits per heavy atom. The highest BCUT2D eigenvalue weighted by Crippen LogP contribution is 2.24. The van der Waals surface area contributed by atoms with Gasteiger partial charge in [0.05, 0.1) is 16.9 Å². The van der Waals surface area contributed by atoms with E-state index in [0.717, 1.165) is 0 Å². The molecule has 1 amide bonds. The summed E-state index contributed by atoms with van der Waals surface area (Å²) in [5, 5.41) is 5.84. The highest BCUT2D eigenvalue weighted by atomic mass is 35.5. The minimum Gasteiger partial charge on any atom is -0.319 e. The van der Waals surface area contributed by atoms with Crippen molar-refractivity contribution < 1.29 is 22.4 Å². The summed E-state index contributed by atoms with van der Waals surface area (Å²) in [6.07, 6.45) is 1.28. The molecule has 1 heterocycles. The molecule has 1 aromatic carbocycles. The van der Waals surface area contributed by atoms with E-state index in [0.29, 0.717) is 10.7 Å². The van der Waals surface area contributed by atoms with E-state index in [4.69, 9.17) is 11.6 Å². The van der Waals surface area contributed by atoms with Gasteiger partial charge in [0.1, 0.15) is 12.2 Å². The van der Waals surface area contributed by atoms with E-state index in [1.165, 1.54) is 10.9 Å². The summed E-state index contributed by atoms with van der Waals surface area (Å²) in [7, 11) is 0. The third-order valence-corrected chi connectivity index (χ3v) is 3.08. The maximum Gasteiger partial charge on any atom is 0.246 e. The number of carbonyl (C=O) groups excluding carboxylic acids is 1. The van der Waals surface area contributed by atoms with E-state index in [2.05, 4.69) is 5.10 Å². The molecule has 0 aliphatic rings. The number of halogens is 5. The van der Waals surface area contributed by atoms with Gasteiger partial charge in [-0.3, -0.25) is 9.48 Å². The van der Waals surface area contributed by atoms with E-state index in [-0.39, 0.29) is 6.07 Å². The molecule has 0 saturated heterocycles. The second-order valence-electron chi connectivity index (χ2n) is 4.13. The Hall–Kier alpha value is -2.09. The van der Waals surface area contributed by atoms with Gasteiger partial charge in [-0.1, -0.05) is 11.6 Å². The van der Waals surface area contributed by atoms with Crippen LogP contribution in [0.15, 0.2) is 12.3 Å². The minimum absolute atomic E-state index is 0.0533. The number of benzene rings is 1. The number of hydrogen-bond donors (Lipinski definition) is 1. The Kier molecular flexibility index (Phi) is 4.17. The second-order valence-corrected chi connectivity index (χ2v) is 4.53. The lowest BCUT2D eigenvalue weighted by atomic mass is 10.2. The molecule has 2 rings (SSSR count). The summed E-state index contributed by atoms with van der Waals surface area (Å²) in [6, 6.07) is 0.0533. The van der Waals surface area contributed by atoms with Gasteiger partial charge in [-0.15, -0.1) is 0 Å². The van der Waals surface area contributed by atoms with Crippen LogP contribution in [0.5, 0.6) is 0 Å². The molecule has 21 heavy (non-hydrogen) atoms. The van der Waals surface area contributed by atoms with Crippen molar-refractivity contribution in [3.05, 3.63) is 46.2 Å². The van der Waals surface area contributed by atoms with Crippen LogP contribution in [0.2, 0.25) is 5.02 Å². The van der Waals surface area contributed by atoms with Crippen molar-refractivity contribution in [1.29, 1.82) is 0 Å². The van der Waals surface area contributed by atoms with Crippen molar-refractivity contribution in [2.45, 2.75) is 13.5 Å². The maximum atomic E-state index is 13.4. The maximum absolute atomic E-state index is 13.4. The molecule has 2 aromatic rings. The third kappa shape index (κ3) is 2.99. The van der Waals surface area contributed by atoms with Gasteiger partial charge < -0.3 is 5.32 Å². The SMILES string of the molecule is Cc1c(Cl)cnn1CC(=O)Nc1c(F)c(F)cc(F)c1F. The standard InChI is InChI=1S/C12H8ClF4N3O/c1-5-6(13)3-18-20(5)4-9(21)19-12-10(16)7(14)2-8(15)11(12)17/h2-3H,4H2,1H3,(H,19,21). The van der Waals surface area contributed by atoms with Crippen LogP contribution in [0.4, 0.5) is 23.2 Å². The summed E-state index contributed by atoms with van der Waals surface area (Å²) in [5.74, 6) is -7.50. The molecule has 0 saturated carbocycles. The molecule has 0 aliphatic carbocycles. The largest absolute Gasteiger partial charge is 0.319 e. The Morgan fingerprint density at radius 1 is 1.29 bits per heavy atom. The van der Waals surface area contributed by atoms with E-state index in [1.54, 1.807) is 12.2 Å². The van der Waals surface area contributed by atoms with Crippen molar-refractivity contribution in [3.8, 4) is 0 Å². The van der Waals surface area contributed by atoms with E-state index >= 15 is 0 Å².